The van der Waals surface area contributed by atoms with Crippen LogP contribution in [0.2, 0.25) is 0 Å². The molecule has 0 aliphatic heterocycles. The summed E-state index contributed by atoms with van der Waals surface area (Å²) in [6, 6.07) is 5.65. The molecule has 1 amide bonds. The zero-order chi connectivity index (χ0) is 19.3. The third kappa shape index (κ3) is 5.96. The lowest BCUT2D eigenvalue weighted by Gasteiger charge is -2.23. The Bertz CT molecular complexity index is 860. The number of benzene rings is 1. The summed E-state index contributed by atoms with van der Waals surface area (Å²) in [6.07, 6.45) is 3.67. The summed E-state index contributed by atoms with van der Waals surface area (Å²) in [4.78, 5) is 12.0. The van der Waals surface area contributed by atoms with Gasteiger partial charge in [0.05, 0.1) is 11.9 Å². The molecule has 1 N–H and O–H groups in total. The van der Waals surface area contributed by atoms with Gasteiger partial charge in [-0.25, -0.2) is 8.42 Å². The molecule has 2 rings (SSSR count). The fourth-order valence-electron chi connectivity index (χ4n) is 2.49. The van der Waals surface area contributed by atoms with Crippen molar-refractivity contribution >= 4 is 49.8 Å². The third-order valence-corrected chi connectivity index (χ3v) is 6.50. The Morgan fingerprint density at radius 1 is 1.23 bits per heavy atom. The molecule has 26 heavy (non-hydrogen) atoms. The van der Waals surface area contributed by atoms with E-state index in [9.17, 15) is 13.2 Å². The maximum Gasteiger partial charge on any atom is 0.232 e. The van der Waals surface area contributed by atoms with E-state index >= 15 is 0 Å². The van der Waals surface area contributed by atoms with Gasteiger partial charge < -0.3 is 5.32 Å². The predicted octanol–water partition coefficient (Wildman–Crippen LogP) is 3.06. The number of nitrogens with zero attached hydrogens (tertiary/aromatic N) is 3. The van der Waals surface area contributed by atoms with Gasteiger partial charge in [-0.15, -0.1) is 10.2 Å². The number of rotatable bonds is 8. The largest absolute Gasteiger partial charge is 0.301 e. The van der Waals surface area contributed by atoms with Crippen molar-refractivity contribution in [2.24, 2.45) is 0 Å². The molecule has 142 valence electrons. The molecule has 0 fully saturated rings. The molecule has 1 heterocycles. The van der Waals surface area contributed by atoms with E-state index in [4.69, 9.17) is 0 Å². The second-order valence-electron chi connectivity index (χ2n) is 5.91. The highest BCUT2D eigenvalue weighted by Gasteiger charge is 2.18. The van der Waals surface area contributed by atoms with E-state index in [2.05, 4.69) is 15.5 Å². The Kier molecular flexibility index (Phi) is 7.01. The average molecular weight is 415 g/mol. The molecule has 0 atom stereocenters. The van der Waals surface area contributed by atoms with Gasteiger partial charge >= 0.3 is 0 Å². The molecule has 2 aromatic rings. The summed E-state index contributed by atoms with van der Waals surface area (Å²) in [5.74, 6) is -0.206. The highest BCUT2D eigenvalue weighted by Crippen LogP contribution is 2.24. The number of amides is 1. The first-order chi connectivity index (χ1) is 12.2. The summed E-state index contributed by atoms with van der Waals surface area (Å²) in [6.45, 7) is 4.09. The fraction of sp³-hybridized carbons (Fsp3) is 0.438. The van der Waals surface area contributed by atoms with Gasteiger partial charge in [-0.1, -0.05) is 29.2 Å². The van der Waals surface area contributed by atoms with Crippen LogP contribution in [-0.4, -0.2) is 43.6 Å². The maximum absolute atomic E-state index is 12.2. The number of anilines is 2. The first kappa shape index (κ1) is 20.7. The molecule has 0 aliphatic carbocycles. The number of carbonyl (C=O) groups excluding carboxylic acids is 1. The highest BCUT2D eigenvalue weighted by molar-refractivity contribution is 8.00. The Morgan fingerprint density at radius 3 is 2.42 bits per heavy atom. The Balaban J connectivity index is 1.98. The predicted molar refractivity (Wildman–Crippen MR) is 108 cm³/mol. The van der Waals surface area contributed by atoms with Crippen LogP contribution in [0.15, 0.2) is 22.5 Å². The quantitative estimate of drug-likeness (QED) is 0.527. The van der Waals surface area contributed by atoms with Crippen LogP contribution in [0.4, 0.5) is 10.8 Å². The highest BCUT2D eigenvalue weighted by atomic mass is 32.2. The average Bonchev–Trinajstić information content (AvgIpc) is 2.96. The minimum atomic E-state index is -3.43. The molecular formula is C16H22N4O3S3. The molecule has 0 aliphatic rings. The number of sulfonamides is 1. The van der Waals surface area contributed by atoms with Crippen LogP contribution in [0.3, 0.4) is 0 Å². The van der Waals surface area contributed by atoms with Crippen molar-refractivity contribution in [2.45, 2.75) is 31.0 Å². The maximum atomic E-state index is 12.2. The lowest BCUT2D eigenvalue weighted by Crippen LogP contribution is -2.31. The number of hydrogen-bond donors (Lipinski definition) is 1. The minimum absolute atomic E-state index is 0.199. The van der Waals surface area contributed by atoms with Crippen LogP contribution in [-0.2, 0) is 14.8 Å². The summed E-state index contributed by atoms with van der Waals surface area (Å²) in [5.41, 5.74) is 2.61. The molecule has 1 aromatic carbocycles. The SMILES string of the molecule is CSc1nnc(NC(=O)CCCN(c2cc(C)cc(C)c2)S(C)(=O)=O)s1. The monoisotopic (exact) mass is 414 g/mol. The van der Waals surface area contributed by atoms with E-state index in [0.717, 1.165) is 15.5 Å². The van der Waals surface area contributed by atoms with Crippen LogP contribution in [0.1, 0.15) is 24.0 Å². The van der Waals surface area contributed by atoms with E-state index in [1.165, 1.54) is 33.7 Å². The normalized spacial score (nSPS) is 11.4. The van der Waals surface area contributed by atoms with Crippen molar-refractivity contribution in [2.75, 3.05) is 28.7 Å². The summed E-state index contributed by atoms with van der Waals surface area (Å²) >= 11 is 2.77. The molecule has 10 heteroatoms. The van der Waals surface area contributed by atoms with Crippen LogP contribution in [0.5, 0.6) is 0 Å². The van der Waals surface area contributed by atoms with Crippen molar-refractivity contribution in [1.29, 1.82) is 0 Å². The molecule has 0 unspecified atom stereocenters. The van der Waals surface area contributed by atoms with E-state index in [1.807, 2.05) is 38.3 Å². The molecule has 0 spiro atoms. The van der Waals surface area contributed by atoms with Crippen molar-refractivity contribution < 1.29 is 13.2 Å². The lowest BCUT2D eigenvalue weighted by molar-refractivity contribution is -0.116. The van der Waals surface area contributed by atoms with Crippen LogP contribution >= 0.6 is 23.1 Å². The lowest BCUT2D eigenvalue weighted by atomic mass is 10.1. The standard InChI is InChI=1S/C16H22N4O3S3/c1-11-8-12(2)10-13(9-11)20(26(4,22)23)7-5-6-14(21)17-15-18-19-16(24-3)25-15/h8-10H,5-7H2,1-4H3,(H,17,18,21). The van der Waals surface area contributed by atoms with E-state index in [0.29, 0.717) is 17.2 Å². The van der Waals surface area contributed by atoms with Gasteiger partial charge in [-0.3, -0.25) is 9.10 Å². The number of thioether (sulfide) groups is 1. The fourth-order valence-corrected chi connectivity index (χ4v) is 4.62. The molecule has 0 bridgehead atoms. The molecule has 0 radical (unpaired) electrons. The van der Waals surface area contributed by atoms with Crippen LogP contribution in [0.25, 0.3) is 0 Å². The molecule has 0 saturated carbocycles. The number of hydrogen-bond acceptors (Lipinski definition) is 7. The van der Waals surface area contributed by atoms with E-state index < -0.39 is 10.0 Å². The van der Waals surface area contributed by atoms with Gasteiger partial charge in [0.2, 0.25) is 21.1 Å². The Labute approximate surface area is 162 Å². The van der Waals surface area contributed by atoms with Gasteiger partial charge in [0.15, 0.2) is 4.34 Å². The van der Waals surface area contributed by atoms with Gasteiger partial charge in [0.1, 0.15) is 0 Å². The summed E-state index contributed by atoms with van der Waals surface area (Å²) in [7, 11) is -3.43. The topological polar surface area (TPSA) is 92.3 Å². The number of aryl methyl sites for hydroxylation is 2. The minimum Gasteiger partial charge on any atom is -0.301 e. The molecular weight excluding hydrogens is 392 g/mol. The summed E-state index contributed by atoms with van der Waals surface area (Å²) in [5, 5.41) is 10.9. The second kappa shape index (κ2) is 8.83. The van der Waals surface area contributed by atoms with Gasteiger partial charge in [-0.2, -0.15) is 0 Å². The van der Waals surface area contributed by atoms with E-state index in [1.54, 1.807) is 0 Å². The number of aromatic nitrogens is 2. The van der Waals surface area contributed by atoms with Crippen molar-refractivity contribution in [3.63, 3.8) is 0 Å². The smallest absolute Gasteiger partial charge is 0.232 e. The first-order valence-corrected chi connectivity index (χ1v) is 11.8. The molecule has 7 nitrogen and oxygen atoms in total. The van der Waals surface area contributed by atoms with Gasteiger partial charge in [0, 0.05) is 13.0 Å². The molecule has 1 aromatic heterocycles. The van der Waals surface area contributed by atoms with Gasteiger partial charge in [0.25, 0.3) is 0 Å². The van der Waals surface area contributed by atoms with Crippen molar-refractivity contribution in [1.82, 2.24) is 10.2 Å². The summed E-state index contributed by atoms with van der Waals surface area (Å²) < 4.78 is 26.4. The zero-order valence-electron chi connectivity index (χ0n) is 15.1. The third-order valence-electron chi connectivity index (χ3n) is 3.49. The Hall–Kier alpha value is -1.65. The number of carbonyl (C=O) groups is 1. The number of nitrogens with one attached hydrogen (secondary N) is 1. The van der Waals surface area contributed by atoms with Gasteiger partial charge in [-0.05, 0) is 49.8 Å². The zero-order valence-corrected chi connectivity index (χ0v) is 17.6. The van der Waals surface area contributed by atoms with Crippen LogP contribution < -0.4 is 9.62 Å². The molecule has 0 saturated heterocycles. The van der Waals surface area contributed by atoms with E-state index in [-0.39, 0.29) is 18.9 Å². The van der Waals surface area contributed by atoms with Crippen molar-refractivity contribution in [3.05, 3.63) is 29.3 Å². The second-order valence-corrected chi connectivity index (χ2v) is 9.85. The van der Waals surface area contributed by atoms with Crippen molar-refractivity contribution in [3.8, 4) is 0 Å². The first-order valence-electron chi connectivity index (χ1n) is 7.92. The van der Waals surface area contributed by atoms with Crippen LogP contribution in [0, 0.1) is 13.8 Å². The Morgan fingerprint density at radius 2 is 1.88 bits per heavy atom.